The number of amides is 1. The zero-order chi connectivity index (χ0) is 29.9. The van der Waals surface area contributed by atoms with Crippen LogP contribution < -0.4 is 4.90 Å². The van der Waals surface area contributed by atoms with Crippen LogP contribution >= 0.6 is 11.6 Å². The zero-order valence-electron chi connectivity index (χ0n) is 23.3. The van der Waals surface area contributed by atoms with E-state index in [0.717, 1.165) is 17.8 Å². The van der Waals surface area contributed by atoms with Gasteiger partial charge in [0.1, 0.15) is 11.3 Å². The first-order chi connectivity index (χ1) is 19.2. The molecule has 1 aliphatic heterocycles. The number of anilines is 1. The number of carboxylic acid groups (broad SMARTS) is 1. The lowest BCUT2D eigenvalue weighted by molar-refractivity contribution is 0.0482. The van der Waals surface area contributed by atoms with E-state index in [2.05, 4.69) is 9.97 Å². The van der Waals surface area contributed by atoms with Crippen LogP contribution in [0.25, 0.3) is 22.4 Å². The molecular weight excluding hydrogens is 554 g/mol. The Morgan fingerprint density at radius 3 is 2.41 bits per heavy atom. The van der Waals surface area contributed by atoms with Crippen LogP contribution in [0.3, 0.4) is 0 Å². The summed E-state index contributed by atoms with van der Waals surface area (Å²) in [6.45, 7) is 10.5. The van der Waals surface area contributed by atoms with Crippen molar-refractivity contribution in [3.05, 3.63) is 76.1 Å². The molecule has 1 aromatic carbocycles. The molecule has 1 saturated heterocycles. The molecule has 214 valence electrons. The van der Waals surface area contributed by atoms with E-state index in [0.29, 0.717) is 22.4 Å². The molecule has 3 aromatic heterocycles. The first-order valence-electron chi connectivity index (χ1n) is 13.0. The molecule has 0 radical (unpaired) electrons. The highest BCUT2D eigenvalue weighted by Crippen LogP contribution is 2.36. The van der Waals surface area contributed by atoms with Crippen molar-refractivity contribution in [1.29, 1.82) is 0 Å². The number of furan rings is 1. The lowest BCUT2D eigenvalue weighted by Gasteiger charge is -2.47. The minimum Gasteiger partial charge on any atom is -0.478 e. The van der Waals surface area contributed by atoms with Gasteiger partial charge < -0.3 is 19.3 Å². The number of pyridine rings is 2. The highest BCUT2D eigenvalue weighted by atomic mass is 35.5. The SMILES string of the molecule is CC(C)(C)c1cc(-c2ccc(Cl)c(F)c2)nc2cc(C(=O)N3CCN(c4ncc(C(=O)O)cc4F)CC3(C)C)oc12. The Hall–Kier alpha value is -4.05. The summed E-state index contributed by atoms with van der Waals surface area (Å²) in [5, 5.41) is 9.12. The van der Waals surface area contributed by atoms with Crippen LogP contribution in [0.5, 0.6) is 0 Å². The van der Waals surface area contributed by atoms with Crippen LogP contribution in [-0.2, 0) is 5.41 Å². The third-order valence-corrected chi connectivity index (χ3v) is 7.54. The first kappa shape index (κ1) is 28.5. The number of hydrogen-bond donors (Lipinski definition) is 1. The van der Waals surface area contributed by atoms with Crippen LogP contribution in [-0.4, -0.2) is 57.0 Å². The molecule has 11 heteroatoms. The highest BCUT2D eigenvalue weighted by Gasteiger charge is 2.39. The molecule has 0 saturated carbocycles. The monoisotopic (exact) mass is 582 g/mol. The van der Waals surface area contributed by atoms with E-state index in [9.17, 15) is 18.4 Å². The predicted molar refractivity (Wildman–Crippen MR) is 152 cm³/mol. The summed E-state index contributed by atoms with van der Waals surface area (Å²) >= 11 is 5.87. The van der Waals surface area contributed by atoms with Gasteiger partial charge in [0.05, 0.1) is 21.8 Å². The van der Waals surface area contributed by atoms with Crippen LogP contribution in [0.4, 0.5) is 14.6 Å². The zero-order valence-corrected chi connectivity index (χ0v) is 24.0. The van der Waals surface area contributed by atoms with Gasteiger partial charge in [0.2, 0.25) is 0 Å². The van der Waals surface area contributed by atoms with E-state index in [1.807, 2.05) is 40.7 Å². The van der Waals surface area contributed by atoms with Gasteiger partial charge in [-0.2, -0.15) is 0 Å². The summed E-state index contributed by atoms with van der Waals surface area (Å²) in [6, 6.07) is 8.86. The third kappa shape index (κ3) is 5.36. The molecule has 5 rings (SSSR count). The van der Waals surface area contributed by atoms with Gasteiger partial charge in [-0.3, -0.25) is 4.79 Å². The molecule has 0 bridgehead atoms. The van der Waals surface area contributed by atoms with Crippen molar-refractivity contribution in [3.8, 4) is 11.3 Å². The molecule has 1 fully saturated rings. The molecule has 1 N–H and O–H groups in total. The number of nitrogens with zero attached hydrogens (tertiary/aromatic N) is 4. The summed E-state index contributed by atoms with van der Waals surface area (Å²) in [7, 11) is 0. The number of carboxylic acids is 1. The van der Waals surface area contributed by atoms with Gasteiger partial charge in [0.15, 0.2) is 23.0 Å². The Labute approximate surface area is 240 Å². The molecule has 1 amide bonds. The standard InChI is InChI=1S/C30H29ClF2N4O4/c1-29(2,3)18-12-22(16-6-7-19(31)20(32)10-16)35-23-13-24(41-25(18)23)27(38)37-9-8-36(15-30(37,4)5)26-21(33)11-17(14-34-26)28(39)40/h6-7,10-14H,8-9,15H2,1-5H3,(H,39,40). The van der Waals surface area contributed by atoms with Gasteiger partial charge in [-0.1, -0.05) is 38.4 Å². The molecule has 0 atom stereocenters. The number of hydrogen-bond acceptors (Lipinski definition) is 6. The number of halogens is 3. The van der Waals surface area contributed by atoms with Crippen molar-refractivity contribution in [2.75, 3.05) is 24.5 Å². The fraction of sp³-hybridized carbons (Fsp3) is 0.333. The molecule has 0 aliphatic carbocycles. The maximum atomic E-state index is 14.7. The molecule has 0 spiro atoms. The second kappa shape index (κ2) is 10.1. The molecule has 0 unspecified atom stereocenters. The second-order valence-electron chi connectivity index (χ2n) is 11.8. The van der Waals surface area contributed by atoms with E-state index in [-0.39, 0.29) is 53.1 Å². The van der Waals surface area contributed by atoms with Crippen LogP contribution in [0.2, 0.25) is 5.02 Å². The lowest BCUT2D eigenvalue weighted by Crippen LogP contribution is -2.61. The summed E-state index contributed by atoms with van der Waals surface area (Å²) in [6.07, 6.45) is 1.12. The number of fused-ring (bicyclic) bond motifs is 1. The summed E-state index contributed by atoms with van der Waals surface area (Å²) in [5.41, 5.74) is 1.45. The highest BCUT2D eigenvalue weighted by molar-refractivity contribution is 6.30. The van der Waals surface area contributed by atoms with Crippen LogP contribution in [0.1, 0.15) is 61.1 Å². The minimum atomic E-state index is -1.26. The maximum Gasteiger partial charge on any atom is 0.337 e. The summed E-state index contributed by atoms with van der Waals surface area (Å²) in [4.78, 5) is 37.0. The smallest absolute Gasteiger partial charge is 0.337 e. The van der Waals surface area contributed by atoms with Gasteiger partial charge in [-0.05, 0) is 43.5 Å². The van der Waals surface area contributed by atoms with Gasteiger partial charge >= 0.3 is 5.97 Å². The van der Waals surface area contributed by atoms with Gasteiger partial charge in [-0.25, -0.2) is 23.5 Å². The Bertz CT molecular complexity index is 1700. The Morgan fingerprint density at radius 2 is 1.80 bits per heavy atom. The van der Waals surface area contributed by atoms with E-state index in [1.54, 1.807) is 21.9 Å². The molecular formula is C30H29ClF2N4O4. The van der Waals surface area contributed by atoms with Crippen LogP contribution in [0, 0.1) is 11.6 Å². The number of aromatic nitrogens is 2. The number of piperazine rings is 1. The topological polar surface area (TPSA) is 99.8 Å². The van der Waals surface area contributed by atoms with Gasteiger partial charge in [-0.15, -0.1) is 0 Å². The number of aromatic carboxylic acids is 1. The first-order valence-corrected chi connectivity index (χ1v) is 13.4. The van der Waals surface area contributed by atoms with Gasteiger partial charge in [0.25, 0.3) is 5.91 Å². The number of carbonyl (C=O) groups is 2. The van der Waals surface area contributed by atoms with E-state index in [1.165, 1.54) is 12.1 Å². The minimum absolute atomic E-state index is 0.0144. The largest absolute Gasteiger partial charge is 0.478 e. The molecule has 1 aliphatic rings. The predicted octanol–water partition coefficient (Wildman–Crippen LogP) is 6.56. The van der Waals surface area contributed by atoms with E-state index < -0.39 is 23.1 Å². The maximum absolute atomic E-state index is 14.7. The lowest BCUT2D eigenvalue weighted by atomic mass is 9.86. The van der Waals surface area contributed by atoms with E-state index in [4.69, 9.17) is 21.1 Å². The number of benzene rings is 1. The van der Waals surface area contributed by atoms with Crippen molar-refractivity contribution in [1.82, 2.24) is 14.9 Å². The van der Waals surface area contributed by atoms with Gasteiger partial charge in [0, 0.05) is 43.0 Å². The van der Waals surface area contributed by atoms with Crippen molar-refractivity contribution < 1.29 is 27.9 Å². The quantitative estimate of drug-likeness (QED) is 0.291. The molecule has 4 heterocycles. The summed E-state index contributed by atoms with van der Waals surface area (Å²) in [5.74, 6) is -2.77. The molecule has 8 nitrogen and oxygen atoms in total. The average Bonchev–Trinajstić information content (AvgIpc) is 3.32. The fourth-order valence-corrected chi connectivity index (χ4v) is 5.23. The van der Waals surface area contributed by atoms with Crippen LogP contribution in [0.15, 0.2) is 47.0 Å². The number of rotatable bonds is 4. The molecule has 4 aromatic rings. The third-order valence-electron chi connectivity index (χ3n) is 7.23. The Balaban J connectivity index is 1.47. The average molecular weight is 583 g/mol. The van der Waals surface area contributed by atoms with Crippen molar-refractivity contribution in [2.45, 2.75) is 45.6 Å². The van der Waals surface area contributed by atoms with E-state index >= 15 is 0 Å². The van der Waals surface area contributed by atoms with Crippen molar-refractivity contribution in [3.63, 3.8) is 0 Å². The second-order valence-corrected chi connectivity index (χ2v) is 12.2. The molecule has 41 heavy (non-hydrogen) atoms. The Morgan fingerprint density at radius 1 is 1.07 bits per heavy atom. The fourth-order valence-electron chi connectivity index (χ4n) is 5.11. The normalized spacial score (nSPS) is 15.4. The van der Waals surface area contributed by atoms with Crippen molar-refractivity contribution in [2.24, 2.45) is 0 Å². The van der Waals surface area contributed by atoms with Crippen molar-refractivity contribution >= 4 is 40.4 Å². The Kier molecular flexibility index (Phi) is 7.01. The summed E-state index contributed by atoms with van der Waals surface area (Å²) < 4.78 is 35.1. The number of carbonyl (C=O) groups excluding carboxylic acids is 1.